The zero-order chi connectivity index (χ0) is 22.0. The van der Waals surface area contributed by atoms with Gasteiger partial charge in [-0.2, -0.15) is 4.31 Å². The van der Waals surface area contributed by atoms with Gasteiger partial charge < -0.3 is 9.47 Å². The van der Waals surface area contributed by atoms with Gasteiger partial charge in [-0.15, -0.1) is 12.4 Å². The van der Waals surface area contributed by atoms with Gasteiger partial charge in [-0.1, -0.05) is 12.1 Å². The van der Waals surface area contributed by atoms with Gasteiger partial charge in [-0.25, -0.2) is 8.42 Å². The van der Waals surface area contributed by atoms with Crippen LogP contribution < -0.4 is 9.47 Å². The van der Waals surface area contributed by atoms with E-state index >= 15 is 0 Å². The molecule has 6 nitrogen and oxygen atoms in total. The molecule has 2 heterocycles. The van der Waals surface area contributed by atoms with E-state index in [1.54, 1.807) is 30.7 Å². The zero-order valence-electron chi connectivity index (χ0n) is 19.0. The van der Waals surface area contributed by atoms with Crippen molar-refractivity contribution in [1.29, 1.82) is 0 Å². The number of sulfonamides is 1. The number of halogens is 1. The lowest BCUT2D eigenvalue weighted by atomic mass is 9.95. The first-order valence-corrected chi connectivity index (χ1v) is 12.4. The summed E-state index contributed by atoms with van der Waals surface area (Å²) in [5.41, 5.74) is 3.54. The van der Waals surface area contributed by atoms with E-state index < -0.39 is 10.0 Å². The van der Waals surface area contributed by atoms with Crippen molar-refractivity contribution in [3.05, 3.63) is 53.1 Å². The summed E-state index contributed by atoms with van der Waals surface area (Å²) in [5.74, 6) is 1.88. The highest BCUT2D eigenvalue weighted by atomic mass is 35.5. The number of methoxy groups -OCH3 is 2. The van der Waals surface area contributed by atoms with Gasteiger partial charge in [-0.05, 0) is 73.1 Å². The van der Waals surface area contributed by atoms with Crippen LogP contribution in [0.2, 0.25) is 0 Å². The van der Waals surface area contributed by atoms with E-state index in [1.165, 1.54) is 11.1 Å². The number of rotatable bonds is 6. The number of hydrogen-bond donors (Lipinski definition) is 0. The van der Waals surface area contributed by atoms with E-state index in [0.29, 0.717) is 23.9 Å². The van der Waals surface area contributed by atoms with E-state index in [4.69, 9.17) is 9.47 Å². The summed E-state index contributed by atoms with van der Waals surface area (Å²) in [7, 11) is -0.111. The third kappa shape index (κ3) is 5.22. The fourth-order valence-electron chi connectivity index (χ4n) is 4.78. The van der Waals surface area contributed by atoms with E-state index in [1.807, 2.05) is 19.1 Å². The van der Waals surface area contributed by atoms with E-state index in [2.05, 4.69) is 17.0 Å². The quantitative estimate of drug-likeness (QED) is 0.627. The molecule has 0 saturated carbocycles. The van der Waals surface area contributed by atoms with Crippen molar-refractivity contribution in [2.24, 2.45) is 5.92 Å². The van der Waals surface area contributed by atoms with Crippen LogP contribution in [0.5, 0.6) is 11.5 Å². The average Bonchev–Trinajstić information content (AvgIpc) is 2.78. The van der Waals surface area contributed by atoms with E-state index in [-0.39, 0.29) is 12.4 Å². The first kappa shape index (κ1) is 24.8. The number of piperidine rings is 1. The second-order valence-electron chi connectivity index (χ2n) is 8.65. The van der Waals surface area contributed by atoms with Crippen molar-refractivity contribution < 1.29 is 17.9 Å². The highest BCUT2D eigenvalue weighted by Gasteiger charge is 2.31. The molecular weight excluding hydrogens is 448 g/mol. The Bertz CT molecular complexity index is 1040. The molecule has 0 aliphatic carbocycles. The summed E-state index contributed by atoms with van der Waals surface area (Å²) in [5, 5.41) is 0. The molecule has 32 heavy (non-hydrogen) atoms. The fraction of sp³-hybridized carbons (Fsp3) is 0.500. The Balaban J connectivity index is 0.00000289. The van der Waals surface area contributed by atoms with Gasteiger partial charge in [0.15, 0.2) is 11.5 Å². The molecule has 0 amide bonds. The number of aryl methyl sites for hydroxylation is 1. The molecule has 2 aliphatic rings. The van der Waals surface area contributed by atoms with Crippen molar-refractivity contribution in [3.8, 4) is 11.5 Å². The lowest BCUT2D eigenvalue weighted by Gasteiger charge is -2.37. The molecule has 0 aromatic heterocycles. The van der Waals surface area contributed by atoms with Crippen molar-refractivity contribution in [2.75, 3.05) is 40.4 Å². The van der Waals surface area contributed by atoms with Gasteiger partial charge in [0, 0.05) is 32.7 Å². The molecule has 2 aromatic rings. The zero-order valence-corrected chi connectivity index (χ0v) is 20.7. The van der Waals surface area contributed by atoms with Gasteiger partial charge in [0.05, 0.1) is 19.1 Å². The maximum Gasteiger partial charge on any atom is 0.243 e. The Labute approximate surface area is 198 Å². The van der Waals surface area contributed by atoms with Crippen molar-refractivity contribution in [3.63, 3.8) is 0 Å². The lowest BCUT2D eigenvalue weighted by molar-refractivity contribution is 0.167. The third-order valence-corrected chi connectivity index (χ3v) is 8.28. The largest absolute Gasteiger partial charge is 0.493 e. The Morgan fingerprint density at radius 2 is 1.75 bits per heavy atom. The molecule has 1 unspecified atom stereocenters. The van der Waals surface area contributed by atoms with Crippen molar-refractivity contribution in [1.82, 2.24) is 9.21 Å². The number of nitrogens with zero attached hydrogens (tertiary/aromatic N) is 2. The predicted molar refractivity (Wildman–Crippen MR) is 128 cm³/mol. The summed E-state index contributed by atoms with van der Waals surface area (Å²) < 4.78 is 38.9. The van der Waals surface area contributed by atoms with E-state index in [0.717, 1.165) is 56.0 Å². The molecule has 2 aliphatic heterocycles. The maximum absolute atomic E-state index is 13.2. The highest BCUT2D eigenvalue weighted by molar-refractivity contribution is 7.89. The van der Waals surface area contributed by atoms with Gasteiger partial charge >= 0.3 is 0 Å². The van der Waals surface area contributed by atoms with Crippen LogP contribution in [-0.2, 0) is 23.0 Å². The Kier molecular flexibility index (Phi) is 8.09. The van der Waals surface area contributed by atoms with Crippen LogP contribution in [0.4, 0.5) is 0 Å². The molecular formula is C24H33ClN2O4S. The van der Waals surface area contributed by atoms with Crippen LogP contribution in [-0.4, -0.2) is 58.0 Å². The molecule has 1 saturated heterocycles. The molecule has 0 bridgehead atoms. The van der Waals surface area contributed by atoms with Crippen LogP contribution in [0.3, 0.4) is 0 Å². The van der Waals surface area contributed by atoms with Gasteiger partial charge in [0.2, 0.25) is 10.0 Å². The number of fused-ring (bicyclic) bond motifs is 1. The minimum atomic E-state index is -3.44. The molecule has 176 valence electrons. The molecule has 0 radical (unpaired) electrons. The van der Waals surface area contributed by atoms with Gasteiger partial charge in [0.1, 0.15) is 0 Å². The molecule has 0 N–H and O–H groups in total. The monoisotopic (exact) mass is 480 g/mol. The topological polar surface area (TPSA) is 59.1 Å². The standard InChI is InChI=1S/C24H32N2O4S.ClH/c1-18-6-4-8-22(12-18)31(27,28)26-10-5-7-19(16-26)15-25-11-9-20-13-23(29-2)24(30-3)14-21(20)17-25;/h4,6,8,12-14,19H,5,7,9-11,15-17H2,1-3H3;1H. The van der Waals surface area contributed by atoms with Crippen LogP contribution in [0.15, 0.2) is 41.3 Å². The summed E-state index contributed by atoms with van der Waals surface area (Å²) in [6, 6.07) is 11.4. The summed E-state index contributed by atoms with van der Waals surface area (Å²) >= 11 is 0. The molecule has 4 rings (SSSR count). The predicted octanol–water partition coefficient (Wildman–Crippen LogP) is 3.89. The molecule has 1 fully saturated rings. The SMILES string of the molecule is COc1cc2c(cc1OC)CN(CC1CCCN(S(=O)(=O)c3cccc(C)c3)C1)CC2.Cl. The van der Waals surface area contributed by atoms with Crippen molar-refractivity contribution >= 4 is 22.4 Å². The highest BCUT2D eigenvalue weighted by Crippen LogP contribution is 2.34. The maximum atomic E-state index is 13.2. The molecule has 2 aromatic carbocycles. The molecule has 8 heteroatoms. The first-order valence-electron chi connectivity index (χ1n) is 10.9. The second kappa shape index (κ2) is 10.4. The number of ether oxygens (including phenoxy) is 2. The first-order chi connectivity index (χ1) is 14.9. The van der Waals surface area contributed by atoms with Gasteiger partial charge in [-0.3, -0.25) is 4.90 Å². The number of benzene rings is 2. The average molecular weight is 481 g/mol. The summed E-state index contributed by atoms with van der Waals surface area (Å²) in [6.45, 7) is 5.86. The van der Waals surface area contributed by atoms with E-state index in [9.17, 15) is 8.42 Å². The van der Waals surface area contributed by atoms with Gasteiger partial charge in [0.25, 0.3) is 0 Å². The smallest absolute Gasteiger partial charge is 0.243 e. The number of hydrogen-bond acceptors (Lipinski definition) is 5. The van der Waals surface area contributed by atoms with Crippen molar-refractivity contribution in [2.45, 2.75) is 37.6 Å². The second-order valence-corrected chi connectivity index (χ2v) is 10.6. The van der Waals surface area contributed by atoms with Crippen LogP contribution in [0.1, 0.15) is 29.5 Å². The third-order valence-electron chi connectivity index (χ3n) is 6.42. The van der Waals surface area contributed by atoms with Crippen LogP contribution >= 0.6 is 12.4 Å². The van der Waals surface area contributed by atoms with Crippen LogP contribution in [0, 0.1) is 12.8 Å². The normalized spacial score (nSPS) is 19.7. The van der Waals surface area contributed by atoms with Crippen LogP contribution in [0.25, 0.3) is 0 Å². The molecule has 0 spiro atoms. The Morgan fingerprint density at radius 1 is 1.03 bits per heavy atom. The Morgan fingerprint density at radius 3 is 2.44 bits per heavy atom. The summed E-state index contributed by atoms with van der Waals surface area (Å²) in [4.78, 5) is 2.85. The lowest BCUT2D eigenvalue weighted by Crippen LogP contribution is -2.44. The summed E-state index contributed by atoms with van der Waals surface area (Å²) in [6.07, 6.45) is 2.94. The Hall–Kier alpha value is -1.80. The fourth-order valence-corrected chi connectivity index (χ4v) is 6.44. The minimum absolute atomic E-state index is 0. The molecule has 1 atom stereocenters. The minimum Gasteiger partial charge on any atom is -0.493 e.